The fourth-order valence-electron chi connectivity index (χ4n) is 1.45. The zero-order valence-electron chi connectivity index (χ0n) is 9.28. The van der Waals surface area contributed by atoms with Gasteiger partial charge in [-0.15, -0.1) is 11.3 Å². The summed E-state index contributed by atoms with van der Waals surface area (Å²) in [5, 5.41) is 2.44. The third-order valence-corrected chi connectivity index (χ3v) is 3.46. The van der Waals surface area contributed by atoms with Gasteiger partial charge in [-0.25, -0.2) is 13.8 Å². The number of aromatic nitrogens is 1. The van der Waals surface area contributed by atoms with Gasteiger partial charge in [0.1, 0.15) is 16.6 Å². The second kappa shape index (κ2) is 4.89. The maximum absolute atomic E-state index is 13.5. The Kier molecular flexibility index (Phi) is 3.49. The minimum Gasteiger partial charge on any atom is -0.322 e. The van der Waals surface area contributed by atoms with E-state index < -0.39 is 11.6 Å². The Hall–Kier alpha value is -1.33. The van der Waals surface area contributed by atoms with Gasteiger partial charge in [0.05, 0.1) is 11.7 Å². The number of rotatable bonds is 3. The van der Waals surface area contributed by atoms with Gasteiger partial charge in [0.25, 0.3) is 0 Å². The van der Waals surface area contributed by atoms with E-state index in [-0.39, 0.29) is 11.6 Å². The maximum atomic E-state index is 13.5. The normalized spacial score (nSPS) is 12.7. The highest BCUT2D eigenvalue weighted by atomic mass is 32.1. The highest BCUT2D eigenvalue weighted by Crippen LogP contribution is 2.28. The number of nitrogens with two attached hydrogens (primary N) is 1. The first-order chi connectivity index (χ1) is 8.11. The summed E-state index contributed by atoms with van der Waals surface area (Å²) in [4.78, 5) is 4.24. The summed E-state index contributed by atoms with van der Waals surface area (Å²) in [6.45, 7) is 1.95. The average molecular weight is 254 g/mol. The fraction of sp³-hybridized carbons (Fsp3) is 0.250. The Labute approximate surface area is 102 Å². The summed E-state index contributed by atoms with van der Waals surface area (Å²) < 4.78 is 26.6. The number of nitrogens with zero attached hydrogens (tertiary/aromatic N) is 1. The van der Waals surface area contributed by atoms with E-state index in [2.05, 4.69) is 4.98 Å². The van der Waals surface area contributed by atoms with Crippen LogP contribution < -0.4 is 5.73 Å². The Balaban J connectivity index is 2.40. The predicted octanol–water partition coefficient (Wildman–Crippen LogP) is 3.50. The molecular formula is C12H12F2N2S. The van der Waals surface area contributed by atoms with Crippen LogP contribution in [0.1, 0.15) is 24.4 Å². The number of benzene rings is 1. The Morgan fingerprint density at radius 3 is 2.88 bits per heavy atom. The van der Waals surface area contributed by atoms with Gasteiger partial charge in [-0.2, -0.15) is 0 Å². The predicted molar refractivity (Wildman–Crippen MR) is 64.7 cm³/mol. The second-order valence-electron chi connectivity index (χ2n) is 3.71. The van der Waals surface area contributed by atoms with Gasteiger partial charge >= 0.3 is 0 Å². The van der Waals surface area contributed by atoms with Crippen LogP contribution in [0.3, 0.4) is 0 Å². The molecule has 0 amide bonds. The third kappa shape index (κ3) is 2.50. The van der Waals surface area contributed by atoms with Gasteiger partial charge in [0, 0.05) is 10.9 Å². The molecule has 0 saturated carbocycles. The molecule has 2 N–H and O–H groups in total. The lowest BCUT2D eigenvalue weighted by molar-refractivity contribution is 0.602. The van der Waals surface area contributed by atoms with E-state index in [1.54, 1.807) is 5.38 Å². The Bertz CT molecular complexity index is 525. The molecule has 1 atom stereocenters. The van der Waals surface area contributed by atoms with Crippen molar-refractivity contribution in [3.8, 4) is 11.3 Å². The van der Waals surface area contributed by atoms with E-state index >= 15 is 0 Å². The lowest BCUT2D eigenvalue weighted by atomic mass is 10.1. The molecule has 0 fully saturated rings. The molecule has 0 bridgehead atoms. The zero-order chi connectivity index (χ0) is 12.4. The van der Waals surface area contributed by atoms with E-state index in [0.717, 1.165) is 29.6 Å². The summed E-state index contributed by atoms with van der Waals surface area (Å²) in [6.07, 6.45) is 0.762. The summed E-state index contributed by atoms with van der Waals surface area (Å²) in [5.41, 5.74) is 6.45. The lowest BCUT2D eigenvalue weighted by Gasteiger charge is -2.03. The molecule has 1 heterocycles. The smallest absolute Gasteiger partial charge is 0.132 e. The van der Waals surface area contributed by atoms with Crippen LogP contribution in [0.2, 0.25) is 0 Å². The second-order valence-corrected chi connectivity index (χ2v) is 4.60. The van der Waals surface area contributed by atoms with Gasteiger partial charge in [-0.05, 0) is 24.6 Å². The molecule has 5 heteroatoms. The summed E-state index contributed by atoms with van der Waals surface area (Å²) >= 11 is 1.37. The average Bonchev–Trinajstić information content (AvgIpc) is 2.80. The monoisotopic (exact) mass is 254 g/mol. The van der Waals surface area contributed by atoms with Crippen molar-refractivity contribution >= 4 is 11.3 Å². The first-order valence-electron chi connectivity index (χ1n) is 5.28. The van der Waals surface area contributed by atoms with Gasteiger partial charge in [-0.3, -0.25) is 0 Å². The summed E-state index contributed by atoms with van der Waals surface area (Å²) in [5.74, 6) is -0.955. The van der Waals surface area contributed by atoms with Crippen LogP contribution in [0.25, 0.3) is 11.3 Å². The third-order valence-electron chi connectivity index (χ3n) is 2.48. The maximum Gasteiger partial charge on any atom is 0.132 e. The van der Waals surface area contributed by atoms with Gasteiger partial charge in [0.15, 0.2) is 0 Å². The topological polar surface area (TPSA) is 38.9 Å². The quantitative estimate of drug-likeness (QED) is 0.910. The minimum absolute atomic E-state index is 0.148. The van der Waals surface area contributed by atoms with Crippen LogP contribution in [0.4, 0.5) is 8.78 Å². The van der Waals surface area contributed by atoms with Crippen molar-refractivity contribution in [3.05, 3.63) is 40.2 Å². The minimum atomic E-state index is -0.478. The van der Waals surface area contributed by atoms with Crippen molar-refractivity contribution in [1.29, 1.82) is 0 Å². The Morgan fingerprint density at radius 1 is 1.41 bits per heavy atom. The van der Waals surface area contributed by atoms with Crippen LogP contribution >= 0.6 is 11.3 Å². The van der Waals surface area contributed by atoms with Gasteiger partial charge in [0.2, 0.25) is 0 Å². The first-order valence-corrected chi connectivity index (χ1v) is 6.16. The van der Waals surface area contributed by atoms with E-state index in [4.69, 9.17) is 5.73 Å². The fourth-order valence-corrected chi connectivity index (χ4v) is 2.35. The molecule has 2 nitrogen and oxygen atoms in total. The van der Waals surface area contributed by atoms with E-state index in [9.17, 15) is 8.78 Å². The molecule has 90 valence electrons. The molecule has 1 aromatic carbocycles. The molecule has 1 aromatic heterocycles. The van der Waals surface area contributed by atoms with Crippen molar-refractivity contribution < 1.29 is 8.78 Å². The van der Waals surface area contributed by atoms with Crippen LogP contribution in [0, 0.1) is 11.6 Å². The standard InChI is InChI=1S/C12H12F2N2S/c1-2-10(15)12-16-11(6-17-12)8-5-7(13)3-4-9(8)14/h3-6,10H,2,15H2,1H3. The van der Waals surface area contributed by atoms with E-state index in [1.165, 1.54) is 11.3 Å². The number of hydrogen-bond donors (Lipinski definition) is 1. The van der Waals surface area contributed by atoms with Crippen LogP contribution in [0.15, 0.2) is 23.6 Å². The van der Waals surface area contributed by atoms with Crippen molar-refractivity contribution in [2.45, 2.75) is 19.4 Å². The molecular weight excluding hydrogens is 242 g/mol. The van der Waals surface area contributed by atoms with Gasteiger partial charge < -0.3 is 5.73 Å². The lowest BCUT2D eigenvalue weighted by Crippen LogP contribution is -2.07. The molecule has 0 radical (unpaired) electrons. The number of thiazole rings is 1. The molecule has 0 spiro atoms. The molecule has 0 aliphatic heterocycles. The molecule has 2 aromatic rings. The van der Waals surface area contributed by atoms with Crippen LogP contribution in [-0.4, -0.2) is 4.98 Å². The largest absolute Gasteiger partial charge is 0.322 e. The van der Waals surface area contributed by atoms with Crippen molar-refractivity contribution in [1.82, 2.24) is 4.98 Å². The molecule has 1 unspecified atom stereocenters. The molecule has 0 saturated heterocycles. The van der Waals surface area contributed by atoms with Crippen molar-refractivity contribution in [2.75, 3.05) is 0 Å². The first kappa shape index (κ1) is 12.1. The Morgan fingerprint density at radius 2 is 2.18 bits per heavy atom. The van der Waals surface area contributed by atoms with Crippen molar-refractivity contribution in [3.63, 3.8) is 0 Å². The summed E-state index contributed by atoms with van der Waals surface area (Å²) in [6, 6.07) is 3.18. The summed E-state index contributed by atoms with van der Waals surface area (Å²) in [7, 11) is 0. The van der Waals surface area contributed by atoms with Gasteiger partial charge in [-0.1, -0.05) is 6.92 Å². The molecule has 17 heavy (non-hydrogen) atoms. The van der Waals surface area contributed by atoms with Crippen LogP contribution in [0.5, 0.6) is 0 Å². The zero-order valence-corrected chi connectivity index (χ0v) is 10.1. The van der Waals surface area contributed by atoms with E-state index in [0.29, 0.717) is 5.69 Å². The van der Waals surface area contributed by atoms with Crippen LogP contribution in [-0.2, 0) is 0 Å². The highest BCUT2D eigenvalue weighted by molar-refractivity contribution is 7.10. The highest BCUT2D eigenvalue weighted by Gasteiger charge is 2.13. The molecule has 2 rings (SSSR count). The molecule has 0 aliphatic rings. The SMILES string of the molecule is CCC(N)c1nc(-c2cc(F)ccc2F)cs1. The van der Waals surface area contributed by atoms with Crippen molar-refractivity contribution in [2.24, 2.45) is 5.73 Å². The van der Waals surface area contributed by atoms with E-state index in [1.807, 2.05) is 6.92 Å². The molecule has 0 aliphatic carbocycles. The number of halogens is 2. The number of hydrogen-bond acceptors (Lipinski definition) is 3.